The van der Waals surface area contributed by atoms with Crippen LogP contribution < -0.4 is 0 Å². The molecule has 0 aromatic heterocycles. The number of hydrogen-bond donors (Lipinski definition) is 1. The third-order valence-corrected chi connectivity index (χ3v) is 3.11. The van der Waals surface area contributed by atoms with Gasteiger partial charge in [-0.05, 0) is 30.9 Å². The number of phenols is 1. The minimum atomic E-state index is -0.564. The first-order valence-electron chi connectivity index (χ1n) is 6.63. The Hall–Kier alpha value is -1.81. The van der Waals surface area contributed by atoms with Gasteiger partial charge in [0.25, 0.3) is 0 Å². The van der Waals surface area contributed by atoms with E-state index in [0.29, 0.717) is 12.8 Å². The number of hydrogen-bond acceptors (Lipinski definition) is 4. The van der Waals surface area contributed by atoms with Crippen molar-refractivity contribution in [1.29, 1.82) is 0 Å². The van der Waals surface area contributed by atoms with Crippen LogP contribution in [-0.4, -0.2) is 24.5 Å². The van der Waals surface area contributed by atoms with Crippen molar-refractivity contribution in [2.75, 3.05) is 7.11 Å². The number of carbonyl (C=O) groups is 1. The minimum Gasteiger partial charge on any atom is -0.507 e. The molecule has 0 saturated carbocycles. The number of carbonyl (C=O) groups excluding carboxylic acids is 1. The summed E-state index contributed by atoms with van der Waals surface area (Å²) in [5, 5.41) is 10.2. The Morgan fingerprint density at radius 2 is 2.05 bits per heavy atom. The molecule has 1 N–H and O–H groups in total. The first-order chi connectivity index (χ1) is 9.49. The smallest absolute Gasteiger partial charge is 0.311 e. The average molecular weight is 278 g/mol. The topological polar surface area (TPSA) is 55.8 Å². The van der Waals surface area contributed by atoms with Gasteiger partial charge in [0.1, 0.15) is 5.75 Å². The lowest BCUT2D eigenvalue weighted by Gasteiger charge is -2.16. The first kappa shape index (κ1) is 16.2. The molecule has 110 valence electrons. The predicted octanol–water partition coefficient (Wildman–Crippen LogP) is 2.83. The quantitative estimate of drug-likeness (QED) is 0.473. The predicted molar refractivity (Wildman–Crippen MR) is 77.4 cm³/mol. The molecule has 0 heterocycles. The standard InChI is InChI=1S/C16H22O4/c1-5-7-13-8-6-9-14(15(13)17)10-11(2)16(18)20-12(3)19-4/h5-6,8-9,11-12,17H,1,7,10H2,2-4H3. The highest BCUT2D eigenvalue weighted by Crippen LogP contribution is 2.26. The van der Waals surface area contributed by atoms with Gasteiger partial charge in [-0.1, -0.05) is 31.2 Å². The summed E-state index contributed by atoms with van der Waals surface area (Å²) >= 11 is 0. The van der Waals surface area contributed by atoms with Crippen molar-refractivity contribution in [3.8, 4) is 5.75 Å². The Bertz CT molecular complexity index is 468. The SMILES string of the molecule is C=CCc1cccc(CC(C)C(=O)OC(C)OC)c1O. The number of phenolic OH excluding ortho intramolecular Hbond substituents is 1. The third-order valence-electron chi connectivity index (χ3n) is 3.11. The Morgan fingerprint density at radius 3 is 2.65 bits per heavy atom. The van der Waals surface area contributed by atoms with Gasteiger partial charge in [0.15, 0.2) is 6.29 Å². The molecule has 0 aliphatic carbocycles. The van der Waals surface area contributed by atoms with Crippen LogP contribution in [0.15, 0.2) is 30.9 Å². The van der Waals surface area contributed by atoms with Crippen LogP contribution in [0.5, 0.6) is 5.75 Å². The Labute approximate surface area is 120 Å². The summed E-state index contributed by atoms with van der Waals surface area (Å²) in [5.41, 5.74) is 1.54. The highest BCUT2D eigenvalue weighted by atomic mass is 16.7. The molecule has 0 saturated heterocycles. The van der Waals surface area contributed by atoms with Gasteiger partial charge in [-0.15, -0.1) is 6.58 Å². The van der Waals surface area contributed by atoms with E-state index in [9.17, 15) is 9.90 Å². The third kappa shape index (κ3) is 4.38. The van der Waals surface area contributed by atoms with Gasteiger partial charge in [-0.25, -0.2) is 0 Å². The van der Waals surface area contributed by atoms with Gasteiger partial charge in [0, 0.05) is 7.11 Å². The second-order valence-electron chi connectivity index (χ2n) is 4.76. The Morgan fingerprint density at radius 1 is 1.40 bits per heavy atom. The molecule has 0 amide bonds. The van der Waals surface area contributed by atoms with Crippen molar-refractivity contribution in [3.63, 3.8) is 0 Å². The van der Waals surface area contributed by atoms with Crippen LogP contribution in [-0.2, 0) is 27.1 Å². The molecule has 0 aliphatic heterocycles. The van der Waals surface area contributed by atoms with Crippen LogP contribution in [0.1, 0.15) is 25.0 Å². The second kappa shape index (κ2) is 7.70. The van der Waals surface area contributed by atoms with E-state index >= 15 is 0 Å². The summed E-state index contributed by atoms with van der Waals surface area (Å²) in [4.78, 5) is 11.8. The fourth-order valence-corrected chi connectivity index (χ4v) is 1.87. The van der Waals surface area contributed by atoms with E-state index < -0.39 is 6.29 Å². The van der Waals surface area contributed by atoms with Crippen LogP contribution in [0.3, 0.4) is 0 Å². The van der Waals surface area contributed by atoms with Gasteiger partial charge < -0.3 is 14.6 Å². The molecule has 0 aliphatic rings. The molecular formula is C16H22O4. The lowest BCUT2D eigenvalue weighted by atomic mass is 9.97. The normalized spacial score (nSPS) is 13.6. The fraction of sp³-hybridized carbons (Fsp3) is 0.438. The minimum absolute atomic E-state index is 0.229. The van der Waals surface area contributed by atoms with Crippen molar-refractivity contribution in [2.24, 2.45) is 5.92 Å². The molecule has 0 radical (unpaired) electrons. The van der Waals surface area contributed by atoms with Crippen molar-refractivity contribution < 1.29 is 19.4 Å². The van der Waals surface area contributed by atoms with E-state index in [1.807, 2.05) is 18.2 Å². The number of methoxy groups -OCH3 is 1. The van der Waals surface area contributed by atoms with E-state index in [1.54, 1.807) is 19.9 Å². The Balaban J connectivity index is 2.75. The molecule has 2 unspecified atom stereocenters. The number of aromatic hydroxyl groups is 1. The summed E-state index contributed by atoms with van der Waals surface area (Å²) in [5.74, 6) is -0.461. The second-order valence-corrected chi connectivity index (χ2v) is 4.76. The monoisotopic (exact) mass is 278 g/mol. The summed E-state index contributed by atoms with van der Waals surface area (Å²) in [6, 6.07) is 5.52. The van der Waals surface area contributed by atoms with Crippen LogP contribution in [0.4, 0.5) is 0 Å². The summed E-state index contributed by atoms with van der Waals surface area (Å²) in [6.07, 6.45) is 2.19. The van der Waals surface area contributed by atoms with Crippen LogP contribution >= 0.6 is 0 Å². The summed E-state index contributed by atoms with van der Waals surface area (Å²) < 4.78 is 9.98. The number of esters is 1. The molecule has 4 nitrogen and oxygen atoms in total. The van der Waals surface area contributed by atoms with E-state index in [2.05, 4.69) is 6.58 Å². The van der Waals surface area contributed by atoms with Crippen molar-refractivity contribution >= 4 is 5.97 Å². The molecule has 4 heteroatoms. The fourth-order valence-electron chi connectivity index (χ4n) is 1.87. The summed E-state index contributed by atoms with van der Waals surface area (Å²) in [7, 11) is 1.48. The van der Waals surface area contributed by atoms with Gasteiger partial charge >= 0.3 is 5.97 Å². The van der Waals surface area contributed by atoms with E-state index in [0.717, 1.165) is 11.1 Å². The molecule has 0 bridgehead atoms. The number of para-hydroxylation sites is 1. The van der Waals surface area contributed by atoms with Crippen molar-refractivity contribution in [2.45, 2.75) is 33.0 Å². The van der Waals surface area contributed by atoms with Crippen LogP contribution in [0.2, 0.25) is 0 Å². The van der Waals surface area contributed by atoms with Gasteiger partial charge in [-0.3, -0.25) is 4.79 Å². The lowest BCUT2D eigenvalue weighted by molar-refractivity contribution is -0.174. The zero-order chi connectivity index (χ0) is 15.1. The van der Waals surface area contributed by atoms with Crippen LogP contribution in [0.25, 0.3) is 0 Å². The largest absolute Gasteiger partial charge is 0.507 e. The molecule has 1 aromatic rings. The lowest BCUT2D eigenvalue weighted by Crippen LogP contribution is -2.23. The van der Waals surface area contributed by atoms with E-state index in [-0.39, 0.29) is 17.6 Å². The highest BCUT2D eigenvalue weighted by molar-refractivity contribution is 5.72. The maximum Gasteiger partial charge on any atom is 0.311 e. The molecule has 1 aromatic carbocycles. The maximum absolute atomic E-state index is 11.8. The number of ether oxygens (including phenoxy) is 2. The number of rotatable bonds is 7. The van der Waals surface area contributed by atoms with Crippen LogP contribution in [0, 0.1) is 5.92 Å². The van der Waals surface area contributed by atoms with Crippen molar-refractivity contribution in [3.05, 3.63) is 42.0 Å². The van der Waals surface area contributed by atoms with Crippen molar-refractivity contribution in [1.82, 2.24) is 0 Å². The van der Waals surface area contributed by atoms with E-state index in [1.165, 1.54) is 7.11 Å². The van der Waals surface area contributed by atoms with Gasteiger partial charge in [0.05, 0.1) is 5.92 Å². The molecule has 1 rings (SSSR count). The van der Waals surface area contributed by atoms with Gasteiger partial charge in [-0.2, -0.15) is 0 Å². The van der Waals surface area contributed by atoms with Gasteiger partial charge in [0.2, 0.25) is 0 Å². The molecular weight excluding hydrogens is 256 g/mol. The molecule has 2 atom stereocenters. The van der Waals surface area contributed by atoms with E-state index in [4.69, 9.17) is 9.47 Å². The summed E-state index contributed by atoms with van der Waals surface area (Å²) in [6.45, 7) is 7.09. The zero-order valence-corrected chi connectivity index (χ0v) is 12.3. The first-order valence-corrected chi connectivity index (χ1v) is 6.63. The zero-order valence-electron chi connectivity index (χ0n) is 12.3. The molecule has 0 spiro atoms. The number of allylic oxidation sites excluding steroid dienone is 1. The highest BCUT2D eigenvalue weighted by Gasteiger charge is 2.19. The molecule has 20 heavy (non-hydrogen) atoms. The Kier molecular flexibility index (Phi) is 6.25. The average Bonchev–Trinajstić information content (AvgIpc) is 2.43. The maximum atomic E-state index is 11.8. The molecule has 0 fully saturated rings. The number of benzene rings is 1.